The number of nitrogens with one attached hydrogen (secondary N) is 2. The lowest BCUT2D eigenvalue weighted by Gasteiger charge is -2.33. The maximum absolute atomic E-state index is 13.3. The summed E-state index contributed by atoms with van der Waals surface area (Å²) in [6.07, 6.45) is -4.42. The number of piperidine rings is 1. The highest BCUT2D eigenvalue weighted by Crippen LogP contribution is 2.23. The molecule has 2 rings (SSSR count). The summed E-state index contributed by atoms with van der Waals surface area (Å²) in [5, 5.41) is 13.7. The molecular formula is C25H35F3N4O5. The van der Waals surface area contributed by atoms with Gasteiger partial charge in [-0.1, -0.05) is 50.1 Å². The van der Waals surface area contributed by atoms with Gasteiger partial charge in [-0.3, -0.25) is 19.2 Å². The Hall–Kier alpha value is -3.15. The molecule has 0 spiro atoms. The van der Waals surface area contributed by atoms with Gasteiger partial charge in [-0.2, -0.15) is 13.2 Å². The molecule has 1 aromatic carbocycles. The molecule has 3 amide bonds. The molecule has 1 aliphatic heterocycles. The van der Waals surface area contributed by atoms with E-state index in [4.69, 9.17) is 10.8 Å². The number of unbranched alkanes of at least 4 members (excludes halogenated alkanes) is 1. The van der Waals surface area contributed by atoms with Gasteiger partial charge in [0.25, 0.3) is 0 Å². The highest BCUT2D eigenvalue weighted by molar-refractivity contribution is 5.93. The van der Waals surface area contributed by atoms with E-state index in [-0.39, 0.29) is 38.8 Å². The van der Waals surface area contributed by atoms with Crippen LogP contribution in [0.4, 0.5) is 13.2 Å². The van der Waals surface area contributed by atoms with E-state index in [0.29, 0.717) is 18.4 Å². The molecule has 1 unspecified atom stereocenters. The summed E-state index contributed by atoms with van der Waals surface area (Å²) in [6, 6.07) is 4.42. The summed E-state index contributed by atoms with van der Waals surface area (Å²) >= 11 is 0. The number of rotatable bonds is 12. The van der Waals surface area contributed by atoms with Gasteiger partial charge >= 0.3 is 12.1 Å². The van der Waals surface area contributed by atoms with E-state index in [2.05, 4.69) is 10.6 Å². The zero-order valence-electron chi connectivity index (χ0n) is 20.8. The van der Waals surface area contributed by atoms with E-state index in [1.165, 1.54) is 4.90 Å². The molecule has 3 atom stereocenters. The van der Waals surface area contributed by atoms with Crippen LogP contribution in [0.1, 0.15) is 51.0 Å². The fraction of sp³-hybridized carbons (Fsp3) is 0.600. The number of amides is 3. The van der Waals surface area contributed by atoms with Gasteiger partial charge < -0.3 is 26.4 Å². The summed E-state index contributed by atoms with van der Waals surface area (Å²) < 4.78 is 39.8. The number of carboxylic acid groups (broad SMARTS) is 1. The van der Waals surface area contributed by atoms with Crippen LogP contribution in [0.25, 0.3) is 0 Å². The highest BCUT2D eigenvalue weighted by Gasteiger charge is 2.39. The Morgan fingerprint density at radius 1 is 1.05 bits per heavy atom. The van der Waals surface area contributed by atoms with Crippen molar-refractivity contribution < 1.29 is 37.5 Å². The quantitative estimate of drug-likeness (QED) is 0.327. The third-order valence-electron chi connectivity index (χ3n) is 6.32. The average Bonchev–Trinajstić information content (AvgIpc) is 2.85. The predicted octanol–water partition coefficient (Wildman–Crippen LogP) is 1.99. The summed E-state index contributed by atoms with van der Waals surface area (Å²) in [4.78, 5) is 51.2. The van der Waals surface area contributed by atoms with Crippen molar-refractivity contribution in [1.29, 1.82) is 0 Å². The number of nitrogens with zero attached hydrogens (tertiary/aromatic N) is 1. The van der Waals surface area contributed by atoms with Gasteiger partial charge in [-0.15, -0.1) is 0 Å². The van der Waals surface area contributed by atoms with Crippen molar-refractivity contribution >= 4 is 23.7 Å². The molecule has 1 aromatic rings. The Kier molecular flexibility index (Phi) is 11.4. The highest BCUT2D eigenvalue weighted by atomic mass is 19.4. The standard InChI is InChI=1S/C25H35F3N4O5/c1-2-3-9-19(23(35)32-12-10-17(11-13-32)24(36)37)30-22(34)20(15-25(26,27)28)31-21(33)18(29)14-16-7-5-4-6-8-16/h4-8,17-20H,2-3,9-15,29H2,1H3,(H,30,34)(H,31,33)(H,36,37)/t18-,19?,20-/m1/s1. The van der Waals surface area contributed by atoms with Crippen LogP contribution in [0, 0.1) is 5.92 Å². The fourth-order valence-electron chi connectivity index (χ4n) is 4.19. The molecule has 37 heavy (non-hydrogen) atoms. The minimum Gasteiger partial charge on any atom is -0.481 e. The normalized spacial score (nSPS) is 16.9. The zero-order chi connectivity index (χ0) is 27.6. The van der Waals surface area contributed by atoms with Crippen LogP contribution in [0.5, 0.6) is 0 Å². The maximum Gasteiger partial charge on any atom is 0.391 e. The molecule has 0 aromatic heterocycles. The van der Waals surface area contributed by atoms with Gasteiger partial charge in [0.15, 0.2) is 0 Å². The molecule has 0 saturated carbocycles. The van der Waals surface area contributed by atoms with Crippen LogP contribution in [-0.2, 0) is 25.6 Å². The van der Waals surface area contributed by atoms with E-state index in [1.54, 1.807) is 30.3 Å². The number of halogens is 3. The number of hydrogen-bond donors (Lipinski definition) is 4. The lowest BCUT2D eigenvalue weighted by atomic mass is 9.96. The topological polar surface area (TPSA) is 142 Å². The third kappa shape index (κ3) is 10.0. The Balaban J connectivity index is 2.10. The van der Waals surface area contributed by atoms with E-state index >= 15 is 0 Å². The van der Waals surface area contributed by atoms with Gasteiger partial charge in [0.05, 0.1) is 18.4 Å². The first-order valence-corrected chi connectivity index (χ1v) is 12.4. The molecule has 5 N–H and O–H groups in total. The lowest BCUT2D eigenvalue weighted by Crippen LogP contribution is -2.57. The Morgan fingerprint density at radius 2 is 1.65 bits per heavy atom. The number of carboxylic acids is 1. The van der Waals surface area contributed by atoms with Gasteiger partial charge in [0.2, 0.25) is 17.7 Å². The average molecular weight is 529 g/mol. The Morgan fingerprint density at radius 3 is 2.19 bits per heavy atom. The van der Waals surface area contributed by atoms with Crippen molar-refractivity contribution in [3.05, 3.63) is 35.9 Å². The number of carbonyl (C=O) groups excluding carboxylic acids is 3. The molecule has 1 saturated heterocycles. The number of likely N-dealkylation sites (tertiary alicyclic amines) is 1. The number of nitrogens with two attached hydrogens (primary N) is 1. The van der Waals surface area contributed by atoms with Crippen LogP contribution in [0.3, 0.4) is 0 Å². The predicted molar refractivity (Wildman–Crippen MR) is 129 cm³/mol. The molecule has 12 heteroatoms. The lowest BCUT2D eigenvalue weighted by molar-refractivity contribution is -0.153. The molecule has 1 heterocycles. The van der Waals surface area contributed by atoms with Crippen LogP contribution < -0.4 is 16.4 Å². The Bertz CT molecular complexity index is 921. The summed E-state index contributed by atoms with van der Waals surface area (Å²) in [5.41, 5.74) is 6.59. The van der Waals surface area contributed by atoms with Crippen LogP contribution in [-0.4, -0.2) is 71.1 Å². The Labute approximate surface area is 213 Å². The minimum absolute atomic E-state index is 0.0664. The second-order valence-corrected chi connectivity index (χ2v) is 9.32. The van der Waals surface area contributed by atoms with Crippen LogP contribution >= 0.6 is 0 Å². The first-order chi connectivity index (χ1) is 17.4. The first kappa shape index (κ1) is 30.1. The van der Waals surface area contributed by atoms with E-state index in [1.807, 2.05) is 6.92 Å². The van der Waals surface area contributed by atoms with Gasteiger partial charge in [-0.25, -0.2) is 0 Å². The second-order valence-electron chi connectivity index (χ2n) is 9.32. The number of hydrogen-bond acceptors (Lipinski definition) is 5. The van der Waals surface area contributed by atoms with E-state index < -0.39 is 60.3 Å². The molecule has 0 bridgehead atoms. The third-order valence-corrected chi connectivity index (χ3v) is 6.32. The zero-order valence-corrected chi connectivity index (χ0v) is 20.8. The van der Waals surface area contributed by atoms with Crippen molar-refractivity contribution in [2.75, 3.05) is 13.1 Å². The largest absolute Gasteiger partial charge is 0.481 e. The number of benzene rings is 1. The van der Waals surface area contributed by atoms with Gasteiger partial charge in [0, 0.05) is 13.1 Å². The van der Waals surface area contributed by atoms with E-state index in [0.717, 1.165) is 0 Å². The number of alkyl halides is 3. The summed E-state index contributed by atoms with van der Waals surface area (Å²) in [7, 11) is 0. The summed E-state index contributed by atoms with van der Waals surface area (Å²) in [5.74, 6) is -4.05. The maximum atomic E-state index is 13.3. The van der Waals surface area contributed by atoms with Gasteiger partial charge in [-0.05, 0) is 31.2 Å². The molecule has 206 valence electrons. The smallest absolute Gasteiger partial charge is 0.391 e. The molecule has 1 aliphatic rings. The van der Waals surface area contributed by atoms with Crippen LogP contribution in [0.2, 0.25) is 0 Å². The van der Waals surface area contributed by atoms with Gasteiger partial charge in [0.1, 0.15) is 12.1 Å². The number of aliphatic carboxylic acids is 1. The van der Waals surface area contributed by atoms with Crippen molar-refractivity contribution in [3.8, 4) is 0 Å². The van der Waals surface area contributed by atoms with Crippen LogP contribution in [0.15, 0.2) is 30.3 Å². The monoisotopic (exact) mass is 528 g/mol. The molecular weight excluding hydrogens is 493 g/mol. The molecule has 1 fully saturated rings. The SMILES string of the molecule is CCCCC(NC(=O)[C@@H](CC(F)(F)F)NC(=O)[C@H](N)Cc1ccccc1)C(=O)N1CCC(C(=O)O)CC1. The van der Waals surface area contributed by atoms with Crippen molar-refractivity contribution in [3.63, 3.8) is 0 Å². The fourth-order valence-corrected chi connectivity index (χ4v) is 4.19. The number of carbonyl (C=O) groups is 4. The molecule has 0 radical (unpaired) electrons. The first-order valence-electron chi connectivity index (χ1n) is 12.4. The summed E-state index contributed by atoms with van der Waals surface area (Å²) in [6.45, 7) is 2.21. The second kappa shape index (κ2) is 14.0. The van der Waals surface area contributed by atoms with E-state index in [9.17, 15) is 32.3 Å². The molecule has 0 aliphatic carbocycles. The van der Waals surface area contributed by atoms with Crippen molar-refractivity contribution in [2.45, 2.75) is 76.2 Å². The van der Waals surface area contributed by atoms with Crippen molar-refractivity contribution in [2.24, 2.45) is 11.7 Å². The minimum atomic E-state index is -4.76. The molecule has 9 nitrogen and oxygen atoms in total. The van der Waals surface area contributed by atoms with Crippen molar-refractivity contribution in [1.82, 2.24) is 15.5 Å².